The summed E-state index contributed by atoms with van der Waals surface area (Å²) in [6.07, 6.45) is 4.06. The van der Waals surface area contributed by atoms with Crippen molar-refractivity contribution in [2.45, 2.75) is 0 Å². The number of non-ortho nitro benzene ring substituents is 2. The van der Waals surface area contributed by atoms with Crippen molar-refractivity contribution in [3.05, 3.63) is 100 Å². The van der Waals surface area contributed by atoms with Crippen molar-refractivity contribution in [2.75, 3.05) is 0 Å². The molecule has 0 saturated carbocycles. The smallest absolute Gasteiger partial charge is 0.284 e. The van der Waals surface area contributed by atoms with Gasteiger partial charge in [0.1, 0.15) is 0 Å². The monoisotopic (exact) mass is 424 g/mol. The van der Waals surface area contributed by atoms with Crippen molar-refractivity contribution in [2.24, 2.45) is 0 Å². The van der Waals surface area contributed by atoms with Crippen molar-refractivity contribution < 1.29 is 24.1 Å². The SMILES string of the molecule is O=[N+]([O-])c1cc2c(c([N+](=O)[O-])c1)-c1c(cc([N+](=O)[O-])cc1[N+](=O)[O-])C2=Cc1ccoc1. The Morgan fingerprint density at radius 2 is 1.19 bits per heavy atom. The molecule has 4 rings (SSSR count). The average Bonchev–Trinajstić information content (AvgIpc) is 3.33. The highest BCUT2D eigenvalue weighted by Gasteiger charge is 2.40. The molecule has 3 aromatic rings. The van der Waals surface area contributed by atoms with Gasteiger partial charge in [-0.3, -0.25) is 40.5 Å². The molecule has 1 aliphatic carbocycles. The van der Waals surface area contributed by atoms with E-state index in [0.29, 0.717) is 17.7 Å². The van der Waals surface area contributed by atoms with Crippen molar-refractivity contribution in [1.82, 2.24) is 0 Å². The van der Waals surface area contributed by atoms with E-state index in [0.717, 1.165) is 12.1 Å². The number of hydrogen-bond donors (Lipinski definition) is 0. The molecule has 0 atom stereocenters. The third kappa shape index (κ3) is 3.05. The van der Waals surface area contributed by atoms with E-state index in [4.69, 9.17) is 4.42 Å². The molecule has 1 aromatic heterocycles. The molecule has 0 unspecified atom stereocenters. The molecule has 0 radical (unpaired) electrons. The van der Waals surface area contributed by atoms with Crippen LogP contribution in [0.1, 0.15) is 16.7 Å². The minimum Gasteiger partial charge on any atom is -0.472 e. The van der Waals surface area contributed by atoms with Gasteiger partial charge in [-0.05, 0) is 17.7 Å². The molecule has 1 heterocycles. The first-order valence-electron chi connectivity index (χ1n) is 8.37. The summed E-state index contributed by atoms with van der Waals surface area (Å²) in [6, 6.07) is 5.01. The largest absolute Gasteiger partial charge is 0.472 e. The van der Waals surface area contributed by atoms with E-state index >= 15 is 0 Å². The Balaban J connectivity index is 2.20. The summed E-state index contributed by atoms with van der Waals surface area (Å²) in [6.45, 7) is 0. The number of nitro benzene ring substituents is 4. The zero-order chi connectivity index (χ0) is 22.4. The van der Waals surface area contributed by atoms with Crippen LogP contribution in [0, 0.1) is 40.5 Å². The van der Waals surface area contributed by atoms with Crippen LogP contribution in [0.25, 0.3) is 22.8 Å². The summed E-state index contributed by atoms with van der Waals surface area (Å²) in [7, 11) is 0. The Bertz CT molecular complexity index is 1260. The predicted molar refractivity (Wildman–Crippen MR) is 104 cm³/mol. The Labute approximate surface area is 170 Å². The van der Waals surface area contributed by atoms with Crippen LogP contribution in [0.2, 0.25) is 0 Å². The van der Waals surface area contributed by atoms with Gasteiger partial charge in [0.25, 0.3) is 22.7 Å². The molecule has 1 aliphatic rings. The van der Waals surface area contributed by atoms with E-state index in [1.54, 1.807) is 0 Å². The van der Waals surface area contributed by atoms with E-state index in [2.05, 4.69) is 0 Å². The van der Waals surface area contributed by atoms with E-state index in [1.807, 2.05) is 0 Å². The van der Waals surface area contributed by atoms with Gasteiger partial charge in [-0.2, -0.15) is 0 Å². The van der Waals surface area contributed by atoms with Gasteiger partial charge in [0.05, 0.1) is 55.5 Å². The lowest BCUT2D eigenvalue weighted by atomic mass is 10.0. The van der Waals surface area contributed by atoms with Crippen LogP contribution in [0.4, 0.5) is 22.7 Å². The van der Waals surface area contributed by atoms with Gasteiger partial charge >= 0.3 is 0 Å². The van der Waals surface area contributed by atoms with E-state index < -0.39 is 42.4 Å². The summed E-state index contributed by atoms with van der Waals surface area (Å²) in [5, 5.41) is 46.1. The van der Waals surface area contributed by atoms with E-state index in [9.17, 15) is 40.5 Å². The number of rotatable bonds is 5. The van der Waals surface area contributed by atoms with Gasteiger partial charge in [0, 0.05) is 28.8 Å². The fourth-order valence-corrected chi connectivity index (χ4v) is 3.50. The zero-order valence-electron chi connectivity index (χ0n) is 15.1. The van der Waals surface area contributed by atoms with Gasteiger partial charge in [0.2, 0.25) is 0 Å². The highest BCUT2D eigenvalue weighted by atomic mass is 16.6. The first kappa shape index (κ1) is 19.4. The first-order valence-corrected chi connectivity index (χ1v) is 8.37. The van der Waals surface area contributed by atoms with Crippen LogP contribution in [-0.4, -0.2) is 19.7 Å². The maximum absolute atomic E-state index is 11.7. The first-order chi connectivity index (χ1) is 14.7. The molecule has 0 bridgehead atoms. The van der Waals surface area contributed by atoms with E-state index in [1.165, 1.54) is 24.7 Å². The Morgan fingerprint density at radius 1 is 0.710 bits per heavy atom. The van der Waals surface area contributed by atoms with Crippen molar-refractivity contribution in [3.63, 3.8) is 0 Å². The maximum atomic E-state index is 11.7. The number of benzene rings is 2. The lowest BCUT2D eigenvalue weighted by Gasteiger charge is -2.04. The summed E-state index contributed by atoms with van der Waals surface area (Å²) in [5.41, 5.74) is -2.59. The van der Waals surface area contributed by atoms with Gasteiger partial charge in [-0.25, -0.2) is 0 Å². The van der Waals surface area contributed by atoms with Crippen molar-refractivity contribution in [3.8, 4) is 11.1 Å². The molecule has 0 aliphatic heterocycles. The predicted octanol–water partition coefficient (Wildman–Crippen LogP) is 4.48. The van der Waals surface area contributed by atoms with Crippen LogP contribution < -0.4 is 0 Å². The molecule has 154 valence electrons. The lowest BCUT2D eigenvalue weighted by Crippen LogP contribution is -1.99. The number of nitrogens with zero attached hydrogens (tertiary/aromatic N) is 4. The highest BCUT2D eigenvalue weighted by molar-refractivity contribution is 6.12. The number of furan rings is 1. The standard InChI is InChI=1S/C18H8N4O9/c23-19(24)10-4-13-12(3-9-1-2-31-8-9)14-5-11(20(25)26)7-16(22(29)30)18(14)17(13)15(6-10)21(27)28/h1-8H. The summed E-state index contributed by atoms with van der Waals surface area (Å²) in [5.74, 6) is 0. The van der Waals surface area contributed by atoms with Crippen molar-refractivity contribution >= 4 is 34.4 Å². The number of fused-ring (bicyclic) bond motifs is 3. The van der Waals surface area contributed by atoms with Crippen LogP contribution in [0.3, 0.4) is 0 Å². The van der Waals surface area contributed by atoms with Gasteiger partial charge < -0.3 is 4.42 Å². The van der Waals surface area contributed by atoms with Crippen molar-refractivity contribution in [1.29, 1.82) is 0 Å². The Kier molecular flexibility index (Phi) is 4.27. The quantitative estimate of drug-likeness (QED) is 0.329. The molecule has 0 amide bonds. The highest BCUT2D eigenvalue weighted by Crippen LogP contribution is 2.54. The third-order valence-corrected chi connectivity index (χ3v) is 4.70. The topological polar surface area (TPSA) is 186 Å². The Hall–Kier alpha value is -4.94. The summed E-state index contributed by atoms with van der Waals surface area (Å²) < 4.78 is 4.97. The minimum absolute atomic E-state index is 0.0271. The second-order valence-electron chi connectivity index (χ2n) is 6.42. The average molecular weight is 424 g/mol. The molecular formula is C18H8N4O9. The molecule has 13 heteroatoms. The lowest BCUT2D eigenvalue weighted by molar-refractivity contribution is -0.395. The maximum Gasteiger partial charge on any atom is 0.284 e. The summed E-state index contributed by atoms with van der Waals surface area (Å²) in [4.78, 5) is 42.6. The second kappa shape index (κ2) is 6.84. The fraction of sp³-hybridized carbons (Fsp3) is 0. The third-order valence-electron chi connectivity index (χ3n) is 4.70. The van der Waals surface area contributed by atoms with Crippen LogP contribution in [0.5, 0.6) is 0 Å². The molecular weight excluding hydrogens is 416 g/mol. The molecule has 0 N–H and O–H groups in total. The van der Waals surface area contributed by atoms with Crippen LogP contribution >= 0.6 is 0 Å². The van der Waals surface area contributed by atoms with Gasteiger partial charge in [-0.1, -0.05) is 0 Å². The molecule has 2 aromatic carbocycles. The molecule has 13 nitrogen and oxygen atoms in total. The van der Waals surface area contributed by atoms with Gasteiger partial charge in [-0.15, -0.1) is 0 Å². The van der Waals surface area contributed by atoms with Gasteiger partial charge in [0.15, 0.2) is 0 Å². The summed E-state index contributed by atoms with van der Waals surface area (Å²) >= 11 is 0. The van der Waals surface area contributed by atoms with E-state index in [-0.39, 0.29) is 27.8 Å². The second-order valence-corrected chi connectivity index (χ2v) is 6.42. The van der Waals surface area contributed by atoms with Crippen LogP contribution in [-0.2, 0) is 0 Å². The number of nitro groups is 4. The Morgan fingerprint density at radius 3 is 1.55 bits per heavy atom. The minimum atomic E-state index is -0.887. The molecule has 31 heavy (non-hydrogen) atoms. The molecule has 0 saturated heterocycles. The normalized spacial score (nSPS) is 11.5. The zero-order valence-corrected chi connectivity index (χ0v) is 15.1. The number of hydrogen-bond acceptors (Lipinski definition) is 9. The molecule has 0 spiro atoms. The fourth-order valence-electron chi connectivity index (χ4n) is 3.50. The molecule has 0 fully saturated rings. The van der Waals surface area contributed by atoms with Crippen LogP contribution in [0.15, 0.2) is 47.3 Å².